The zero-order valence-electron chi connectivity index (χ0n) is 9.35. The number of rotatable bonds is 2. The summed E-state index contributed by atoms with van der Waals surface area (Å²) in [5.74, 6) is 1.05. The summed E-state index contributed by atoms with van der Waals surface area (Å²) in [4.78, 5) is 6.69. The molecule has 2 heterocycles. The summed E-state index contributed by atoms with van der Waals surface area (Å²) in [6, 6.07) is 3.68. The number of nitrogens with two attached hydrogens (primary N) is 1. The number of nitrogens with zero attached hydrogens (tertiary/aromatic N) is 3. The molecule has 0 aliphatic carbocycles. The Labute approximate surface area is 94.6 Å². The summed E-state index contributed by atoms with van der Waals surface area (Å²) < 4.78 is 0. The van der Waals surface area contributed by atoms with Gasteiger partial charge in [-0.05, 0) is 31.9 Å². The second kappa shape index (κ2) is 4.38. The molecule has 0 radical (unpaired) electrons. The zero-order chi connectivity index (χ0) is 11.5. The topological polar surface area (TPSA) is 74.7 Å². The Morgan fingerprint density at radius 2 is 2.12 bits per heavy atom. The molecule has 5 nitrogen and oxygen atoms in total. The number of aryl methyl sites for hydroxylation is 1. The molecule has 2 rings (SSSR count). The van der Waals surface area contributed by atoms with E-state index in [2.05, 4.69) is 15.0 Å². The molecule has 1 aliphatic rings. The van der Waals surface area contributed by atoms with Gasteiger partial charge in [0, 0.05) is 24.3 Å². The summed E-state index contributed by atoms with van der Waals surface area (Å²) in [5.41, 5.74) is 7.18. The summed E-state index contributed by atoms with van der Waals surface area (Å²) in [5, 5.41) is 11.7. The van der Waals surface area contributed by atoms with E-state index < -0.39 is 0 Å². The third-order valence-corrected chi connectivity index (χ3v) is 2.77. The molecule has 0 atom stereocenters. The van der Waals surface area contributed by atoms with Gasteiger partial charge in [0.05, 0.1) is 0 Å². The van der Waals surface area contributed by atoms with Gasteiger partial charge in [-0.1, -0.05) is 5.16 Å². The van der Waals surface area contributed by atoms with Crippen molar-refractivity contribution in [2.24, 2.45) is 10.9 Å². The maximum atomic E-state index is 8.66. The molecule has 1 aromatic rings. The number of pyridine rings is 1. The molecular weight excluding hydrogens is 204 g/mol. The van der Waals surface area contributed by atoms with Gasteiger partial charge in [-0.15, -0.1) is 0 Å². The van der Waals surface area contributed by atoms with Gasteiger partial charge < -0.3 is 15.8 Å². The van der Waals surface area contributed by atoms with E-state index in [0.29, 0.717) is 0 Å². The van der Waals surface area contributed by atoms with Crippen molar-refractivity contribution in [3.05, 3.63) is 23.4 Å². The first kappa shape index (κ1) is 10.7. The SMILES string of the molecule is Cc1cc(/C(N)=N/O)cc(N2CCCC2)n1. The van der Waals surface area contributed by atoms with Crippen molar-refractivity contribution in [3.63, 3.8) is 0 Å². The van der Waals surface area contributed by atoms with Crippen LogP contribution in [0.3, 0.4) is 0 Å². The van der Waals surface area contributed by atoms with Crippen molar-refractivity contribution in [1.29, 1.82) is 0 Å². The monoisotopic (exact) mass is 220 g/mol. The first-order chi connectivity index (χ1) is 7.70. The number of hydrogen-bond acceptors (Lipinski definition) is 4. The minimum Gasteiger partial charge on any atom is -0.409 e. The molecular formula is C11H16N4O. The Hall–Kier alpha value is -1.78. The fourth-order valence-electron chi connectivity index (χ4n) is 1.96. The molecule has 0 spiro atoms. The van der Waals surface area contributed by atoms with E-state index in [4.69, 9.17) is 10.9 Å². The highest BCUT2D eigenvalue weighted by Gasteiger charge is 2.15. The molecule has 1 saturated heterocycles. The quantitative estimate of drug-likeness (QED) is 0.338. The lowest BCUT2D eigenvalue weighted by molar-refractivity contribution is 0.318. The molecule has 1 aliphatic heterocycles. The molecule has 0 amide bonds. The van der Waals surface area contributed by atoms with Gasteiger partial charge in [-0.2, -0.15) is 0 Å². The predicted molar refractivity (Wildman–Crippen MR) is 62.9 cm³/mol. The van der Waals surface area contributed by atoms with Crippen molar-refractivity contribution in [2.45, 2.75) is 19.8 Å². The number of oxime groups is 1. The minimum atomic E-state index is 0.131. The van der Waals surface area contributed by atoms with Crippen molar-refractivity contribution in [2.75, 3.05) is 18.0 Å². The van der Waals surface area contributed by atoms with Crippen molar-refractivity contribution < 1.29 is 5.21 Å². The molecule has 0 bridgehead atoms. The molecule has 5 heteroatoms. The third-order valence-electron chi connectivity index (χ3n) is 2.77. The molecule has 16 heavy (non-hydrogen) atoms. The van der Waals surface area contributed by atoms with Crippen LogP contribution >= 0.6 is 0 Å². The first-order valence-electron chi connectivity index (χ1n) is 5.42. The van der Waals surface area contributed by atoms with Gasteiger partial charge in [0.2, 0.25) is 0 Å². The van der Waals surface area contributed by atoms with Gasteiger partial charge >= 0.3 is 0 Å². The fourth-order valence-corrected chi connectivity index (χ4v) is 1.96. The normalized spacial score (nSPS) is 16.8. The Kier molecular flexibility index (Phi) is 2.94. The summed E-state index contributed by atoms with van der Waals surface area (Å²) in [6.07, 6.45) is 2.41. The number of hydrogen-bond donors (Lipinski definition) is 2. The van der Waals surface area contributed by atoms with E-state index in [0.717, 1.165) is 30.2 Å². The number of anilines is 1. The standard InChI is InChI=1S/C11H16N4O/c1-8-6-9(11(12)14-16)7-10(13-8)15-4-2-3-5-15/h6-7,16H,2-5H2,1H3,(H2,12,14). The highest BCUT2D eigenvalue weighted by molar-refractivity contribution is 5.97. The molecule has 0 unspecified atom stereocenters. The maximum absolute atomic E-state index is 8.66. The Balaban J connectivity index is 2.35. The van der Waals surface area contributed by atoms with Crippen LogP contribution in [0.1, 0.15) is 24.1 Å². The van der Waals surface area contributed by atoms with Gasteiger partial charge in [0.25, 0.3) is 0 Å². The largest absolute Gasteiger partial charge is 0.409 e. The van der Waals surface area contributed by atoms with E-state index >= 15 is 0 Å². The Morgan fingerprint density at radius 3 is 2.75 bits per heavy atom. The predicted octanol–water partition coefficient (Wildman–Crippen LogP) is 1.08. The van der Waals surface area contributed by atoms with E-state index in [1.54, 1.807) is 0 Å². The summed E-state index contributed by atoms with van der Waals surface area (Å²) >= 11 is 0. The molecule has 1 fully saturated rings. The Bertz CT molecular complexity index is 410. The van der Waals surface area contributed by atoms with Crippen LogP contribution in [0.15, 0.2) is 17.3 Å². The second-order valence-electron chi connectivity index (χ2n) is 4.03. The van der Waals surface area contributed by atoms with Gasteiger partial charge in [0.15, 0.2) is 5.84 Å². The average molecular weight is 220 g/mol. The third kappa shape index (κ3) is 2.08. The minimum absolute atomic E-state index is 0.131. The van der Waals surface area contributed by atoms with Crippen LogP contribution < -0.4 is 10.6 Å². The van der Waals surface area contributed by atoms with Gasteiger partial charge in [0.1, 0.15) is 5.82 Å². The summed E-state index contributed by atoms with van der Waals surface area (Å²) in [6.45, 7) is 3.98. The van der Waals surface area contributed by atoms with Crippen molar-refractivity contribution in [1.82, 2.24) is 4.98 Å². The molecule has 1 aromatic heterocycles. The van der Waals surface area contributed by atoms with E-state index in [1.807, 2.05) is 19.1 Å². The highest BCUT2D eigenvalue weighted by Crippen LogP contribution is 2.19. The van der Waals surface area contributed by atoms with Gasteiger partial charge in [-0.3, -0.25) is 0 Å². The number of aromatic nitrogens is 1. The van der Waals surface area contributed by atoms with Gasteiger partial charge in [-0.25, -0.2) is 4.98 Å². The smallest absolute Gasteiger partial charge is 0.170 e. The Morgan fingerprint density at radius 1 is 1.44 bits per heavy atom. The van der Waals surface area contributed by atoms with Crippen LogP contribution in [0.2, 0.25) is 0 Å². The van der Waals surface area contributed by atoms with Crippen molar-refractivity contribution in [3.8, 4) is 0 Å². The first-order valence-corrected chi connectivity index (χ1v) is 5.42. The lowest BCUT2D eigenvalue weighted by atomic mass is 10.2. The summed E-state index contributed by atoms with van der Waals surface area (Å²) in [7, 11) is 0. The van der Waals surface area contributed by atoms with Crippen LogP contribution in [0.5, 0.6) is 0 Å². The van der Waals surface area contributed by atoms with Crippen LogP contribution in [-0.2, 0) is 0 Å². The van der Waals surface area contributed by atoms with Crippen LogP contribution in [-0.4, -0.2) is 29.1 Å². The lowest BCUT2D eigenvalue weighted by Crippen LogP contribution is -2.21. The van der Waals surface area contributed by atoms with E-state index in [1.165, 1.54) is 12.8 Å². The van der Waals surface area contributed by atoms with E-state index in [-0.39, 0.29) is 5.84 Å². The average Bonchev–Trinajstić information content (AvgIpc) is 2.80. The molecule has 86 valence electrons. The fraction of sp³-hybridized carbons (Fsp3) is 0.455. The van der Waals surface area contributed by atoms with Crippen LogP contribution in [0.4, 0.5) is 5.82 Å². The zero-order valence-corrected chi connectivity index (χ0v) is 9.35. The maximum Gasteiger partial charge on any atom is 0.170 e. The lowest BCUT2D eigenvalue weighted by Gasteiger charge is -2.17. The van der Waals surface area contributed by atoms with Crippen LogP contribution in [0.25, 0.3) is 0 Å². The molecule has 0 aromatic carbocycles. The molecule has 0 saturated carbocycles. The van der Waals surface area contributed by atoms with Crippen LogP contribution in [0, 0.1) is 6.92 Å². The number of amidine groups is 1. The highest BCUT2D eigenvalue weighted by atomic mass is 16.4. The second-order valence-corrected chi connectivity index (χ2v) is 4.03. The van der Waals surface area contributed by atoms with E-state index in [9.17, 15) is 0 Å². The molecule has 3 N–H and O–H groups in total. The van der Waals surface area contributed by atoms with Crippen molar-refractivity contribution >= 4 is 11.7 Å².